The van der Waals surface area contributed by atoms with Crippen LogP contribution in [0.15, 0.2) is 45.8 Å². The van der Waals surface area contributed by atoms with E-state index in [4.69, 9.17) is 9.47 Å². The molecule has 0 spiro atoms. The minimum absolute atomic E-state index is 0.0541. The normalized spacial score (nSPS) is 13.2. The van der Waals surface area contributed by atoms with Crippen LogP contribution in [0.4, 0.5) is 10.1 Å². The van der Waals surface area contributed by atoms with Crippen LogP contribution in [0.3, 0.4) is 0 Å². The van der Waals surface area contributed by atoms with E-state index in [1.807, 2.05) is 0 Å². The Morgan fingerprint density at radius 1 is 1.10 bits per heavy atom. The molecule has 0 bridgehead atoms. The van der Waals surface area contributed by atoms with Gasteiger partial charge in [0.25, 0.3) is 10.0 Å². The van der Waals surface area contributed by atoms with Gasteiger partial charge in [-0.15, -0.1) is 0 Å². The highest BCUT2D eigenvalue weighted by atomic mass is 79.9. The third kappa shape index (κ3) is 2.81. The van der Waals surface area contributed by atoms with Crippen molar-refractivity contribution in [1.29, 1.82) is 0 Å². The van der Waals surface area contributed by atoms with Crippen LogP contribution >= 0.6 is 15.9 Å². The number of ether oxygens (including phenoxy) is 2. The van der Waals surface area contributed by atoms with Crippen molar-refractivity contribution >= 4 is 31.6 Å². The van der Waals surface area contributed by atoms with Crippen molar-refractivity contribution in [3.8, 4) is 11.5 Å². The topological polar surface area (TPSA) is 64.6 Å². The molecule has 21 heavy (non-hydrogen) atoms. The maximum Gasteiger partial charge on any atom is 0.263 e. The first-order valence-electron chi connectivity index (χ1n) is 5.83. The number of nitrogens with one attached hydrogen (secondary N) is 1. The van der Waals surface area contributed by atoms with Gasteiger partial charge in [0.2, 0.25) is 6.79 Å². The summed E-state index contributed by atoms with van der Waals surface area (Å²) < 4.78 is 50.5. The molecule has 3 rings (SSSR count). The van der Waals surface area contributed by atoms with Gasteiger partial charge >= 0.3 is 0 Å². The number of rotatable bonds is 3. The minimum atomic E-state index is -3.84. The van der Waals surface area contributed by atoms with Gasteiger partial charge in [-0.2, -0.15) is 0 Å². The Morgan fingerprint density at radius 2 is 1.86 bits per heavy atom. The Morgan fingerprint density at radius 3 is 2.62 bits per heavy atom. The van der Waals surface area contributed by atoms with Crippen LogP contribution in [0.5, 0.6) is 11.5 Å². The lowest BCUT2D eigenvalue weighted by Crippen LogP contribution is -2.13. The standard InChI is InChI=1S/C13H9BrFNO4S/c14-10-5-8(15)1-4-13(10)21(17,18)16-9-2-3-11-12(6-9)20-7-19-11/h1-6,16H,7H2. The first kappa shape index (κ1) is 14.2. The molecule has 0 aromatic heterocycles. The predicted molar refractivity (Wildman–Crippen MR) is 77.5 cm³/mol. The van der Waals surface area contributed by atoms with E-state index >= 15 is 0 Å². The van der Waals surface area contributed by atoms with Crippen LogP contribution in [-0.2, 0) is 10.0 Å². The SMILES string of the molecule is O=S(=O)(Nc1ccc2c(c1)OCO2)c1ccc(F)cc1Br. The largest absolute Gasteiger partial charge is 0.454 e. The highest BCUT2D eigenvalue weighted by molar-refractivity contribution is 9.10. The molecule has 1 heterocycles. The van der Waals surface area contributed by atoms with Crippen LogP contribution in [0.1, 0.15) is 0 Å². The van der Waals surface area contributed by atoms with Crippen LogP contribution < -0.4 is 14.2 Å². The van der Waals surface area contributed by atoms with Crippen molar-refractivity contribution in [2.45, 2.75) is 4.90 Å². The van der Waals surface area contributed by atoms with Gasteiger partial charge in [-0.1, -0.05) is 0 Å². The average molecular weight is 374 g/mol. The summed E-state index contributed by atoms with van der Waals surface area (Å²) in [5.74, 6) is 0.498. The summed E-state index contributed by atoms with van der Waals surface area (Å²) in [6.07, 6.45) is 0. The first-order valence-corrected chi connectivity index (χ1v) is 8.11. The molecule has 1 aliphatic heterocycles. The smallest absolute Gasteiger partial charge is 0.263 e. The zero-order valence-electron chi connectivity index (χ0n) is 10.5. The Hall–Kier alpha value is -1.80. The van der Waals surface area contributed by atoms with E-state index < -0.39 is 15.8 Å². The van der Waals surface area contributed by atoms with Crippen molar-refractivity contribution in [2.24, 2.45) is 0 Å². The summed E-state index contributed by atoms with van der Waals surface area (Å²) in [6, 6.07) is 8.06. The predicted octanol–water partition coefficient (Wildman–Crippen LogP) is 3.12. The quantitative estimate of drug-likeness (QED) is 0.897. The Kier molecular flexibility index (Phi) is 3.50. The number of hydrogen-bond acceptors (Lipinski definition) is 4. The second kappa shape index (κ2) is 5.19. The van der Waals surface area contributed by atoms with E-state index in [-0.39, 0.29) is 16.2 Å². The van der Waals surface area contributed by atoms with Crippen LogP contribution in [0.2, 0.25) is 0 Å². The molecule has 0 unspecified atom stereocenters. The number of sulfonamides is 1. The van der Waals surface area contributed by atoms with E-state index in [1.165, 1.54) is 12.1 Å². The second-order valence-corrected chi connectivity index (χ2v) is 6.75. The highest BCUT2D eigenvalue weighted by Crippen LogP contribution is 2.35. The highest BCUT2D eigenvalue weighted by Gasteiger charge is 2.20. The summed E-state index contributed by atoms with van der Waals surface area (Å²) in [4.78, 5) is -0.0541. The summed E-state index contributed by atoms with van der Waals surface area (Å²) in [6.45, 7) is 0.106. The van der Waals surface area contributed by atoms with Crippen molar-refractivity contribution in [1.82, 2.24) is 0 Å². The summed E-state index contributed by atoms with van der Waals surface area (Å²) in [5.41, 5.74) is 0.329. The van der Waals surface area contributed by atoms with Crippen LogP contribution in [-0.4, -0.2) is 15.2 Å². The molecule has 0 aliphatic carbocycles. The molecule has 0 saturated heterocycles. The number of benzene rings is 2. The fourth-order valence-corrected chi connectivity index (χ4v) is 3.96. The van der Waals surface area contributed by atoms with Crippen molar-refractivity contribution in [3.05, 3.63) is 46.7 Å². The number of halogens is 2. The molecular weight excluding hydrogens is 365 g/mol. The molecule has 5 nitrogen and oxygen atoms in total. The van der Waals surface area contributed by atoms with Crippen LogP contribution in [0, 0.1) is 5.82 Å². The van der Waals surface area contributed by atoms with E-state index in [9.17, 15) is 12.8 Å². The van der Waals surface area contributed by atoms with Gasteiger partial charge in [-0.3, -0.25) is 4.72 Å². The fraction of sp³-hybridized carbons (Fsp3) is 0.0769. The molecule has 2 aromatic carbocycles. The monoisotopic (exact) mass is 373 g/mol. The molecule has 0 atom stereocenters. The lowest BCUT2D eigenvalue weighted by atomic mass is 10.3. The van der Waals surface area contributed by atoms with E-state index in [2.05, 4.69) is 20.7 Å². The number of hydrogen-bond donors (Lipinski definition) is 1. The first-order chi connectivity index (χ1) is 9.95. The second-order valence-electron chi connectivity index (χ2n) is 4.25. The zero-order valence-corrected chi connectivity index (χ0v) is 12.9. The summed E-state index contributed by atoms with van der Waals surface area (Å²) >= 11 is 3.04. The van der Waals surface area contributed by atoms with Crippen LogP contribution in [0.25, 0.3) is 0 Å². The fourth-order valence-electron chi connectivity index (χ4n) is 1.86. The van der Waals surface area contributed by atoms with Crippen molar-refractivity contribution in [3.63, 3.8) is 0 Å². The molecule has 8 heteroatoms. The molecule has 0 amide bonds. The molecule has 0 saturated carbocycles. The van der Waals surface area contributed by atoms with Gasteiger partial charge in [-0.25, -0.2) is 12.8 Å². The van der Waals surface area contributed by atoms with Gasteiger partial charge in [0.15, 0.2) is 11.5 Å². The molecule has 2 aromatic rings. The zero-order chi connectivity index (χ0) is 15.0. The minimum Gasteiger partial charge on any atom is -0.454 e. The van der Waals surface area contributed by atoms with Crippen molar-refractivity contribution < 1.29 is 22.3 Å². The molecule has 1 aliphatic rings. The van der Waals surface area contributed by atoms with E-state index in [1.54, 1.807) is 12.1 Å². The lowest BCUT2D eigenvalue weighted by Gasteiger charge is -2.10. The average Bonchev–Trinajstić information content (AvgIpc) is 2.85. The molecule has 0 radical (unpaired) electrons. The summed E-state index contributed by atoms with van der Waals surface area (Å²) in [5, 5.41) is 0. The molecular formula is C13H9BrFNO4S. The number of anilines is 1. The van der Waals surface area contributed by atoms with Gasteiger partial charge in [0.05, 0.1) is 5.69 Å². The molecule has 0 fully saturated rings. The van der Waals surface area contributed by atoms with Gasteiger partial charge in [-0.05, 0) is 46.3 Å². The molecule has 110 valence electrons. The third-order valence-corrected chi connectivity index (χ3v) is 5.17. The lowest BCUT2D eigenvalue weighted by molar-refractivity contribution is 0.174. The van der Waals surface area contributed by atoms with Gasteiger partial charge in [0, 0.05) is 10.5 Å². The Balaban J connectivity index is 1.92. The summed E-state index contributed by atoms with van der Waals surface area (Å²) in [7, 11) is -3.84. The van der Waals surface area contributed by atoms with Gasteiger partial charge < -0.3 is 9.47 Å². The third-order valence-electron chi connectivity index (χ3n) is 2.81. The molecule has 1 N–H and O–H groups in total. The Bertz CT molecular complexity index is 810. The maximum atomic E-state index is 13.0. The van der Waals surface area contributed by atoms with E-state index in [0.29, 0.717) is 17.2 Å². The van der Waals surface area contributed by atoms with Crippen molar-refractivity contribution in [2.75, 3.05) is 11.5 Å². The van der Waals surface area contributed by atoms with Gasteiger partial charge in [0.1, 0.15) is 10.7 Å². The maximum absolute atomic E-state index is 13.0. The number of fused-ring (bicyclic) bond motifs is 1. The van der Waals surface area contributed by atoms with E-state index in [0.717, 1.165) is 12.1 Å². The Labute approximate surface area is 128 Å².